The molecule has 0 unspecified atom stereocenters. The Hall–Kier alpha value is -1.92. The monoisotopic (exact) mass is 450 g/mol. The van der Waals surface area contributed by atoms with Crippen LogP contribution in [0.15, 0.2) is 63.6 Å². The Balaban J connectivity index is 2.04. The smallest absolute Gasteiger partial charge is 0.252 e. The van der Waals surface area contributed by atoms with E-state index in [1.54, 1.807) is 12.1 Å². The number of carbonyl (C=O) groups is 2. The first kappa shape index (κ1) is 18.4. The number of hydrogen-bond donors (Lipinski definition) is 2. The number of halogens is 2. The van der Waals surface area contributed by atoms with Crippen molar-refractivity contribution in [3.63, 3.8) is 0 Å². The topological polar surface area (TPSA) is 72.2 Å². The molecule has 124 valence electrons. The van der Waals surface area contributed by atoms with E-state index in [-0.39, 0.29) is 5.91 Å². The summed E-state index contributed by atoms with van der Waals surface area (Å²) in [7, 11) is 0. The fourth-order valence-electron chi connectivity index (χ4n) is 2.08. The van der Waals surface area contributed by atoms with Gasteiger partial charge in [-0.1, -0.05) is 74.3 Å². The molecule has 3 N–H and O–H groups in total. The van der Waals surface area contributed by atoms with Gasteiger partial charge in [0, 0.05) is 14.5 Å². The molecule has 0 aliphatic heterocycles. The normalized spacial score (nSPS) is 12.1. The van der Waals surface area contributed by atoms with E-state index in [2.05, 4.69) is 37.2 Å². The van der Waals surface area contributed by atoms with E-state index in [9.17, 15) is 9.59 Å². The van der Waals surface area contributed by atoms with Crippen molar-refractivity contribution in [2.45, 2.75) is 12.5 Å². The highest BCUT2D eigenvalue weighted by Crippen LogP contribution is 2.20. The van der Waals surface area contributed by atoms with Gasteiger partial charge in [-0.2, -0.15) is 0 Å². The Kier molecular flexibility index (Phi) is 6.75. The second-order valence-electron chi connectivity index (χ2n) is 5.14. The van der Waals surface area contributed by atoms with Crippen LogP contribution in [0.2, 0.25) is 0 Å². The van der Waals surface area contributed by atoms with Crippen molar-refractivity contribution in [2.75, 3.05) is 0 Å². The summed E-state index contributed by atoms with van der Waals surface area (Å²) in [6.07, 6.45) is 4.03. The number of carbonyl (C=O) groups excluding carboxylic acids is 2. The average molecular weight is 452 g/mol. The zero-order valence-corrected chi connectivity index (χ0v) is 15.9. The minimum absolute atomic E-state index is 0.325. The van der Waals surface area contributed by atoms with E-state index in [0.717, 1.165) is 14.5 Å². The van der Waals surface area contributed by atoms with Gasteiger partial charge in [0.25, 0.3) is 5.91 Å². The quantitative estimate of drug-likeness (QED) is 0.698. The molecule has 0 heterocycles. The van der Waals surface area contributed by atoms with Gasteiger partial charge in [-0.3, -0.25) is 9.59 Å². The van der Waals surface area contributed by atoms with E-state index in [1.807, 2.05) is 48.6 Å². The highest BCUT2D eigenvalue weighted by molar-refractivity contribution is 9.11. The van der Waals surface area contributed by atoms with Crippen molar-refractivity contribution in [2.24, 2.45) is 5.73 Å². The van der Waals surface area contributed by atoms with E-state index >= 15 is 0 Å². The lowest BCUT2D eigenvalue weighted by atomic mass is 10.1. The van der Waals surface area contributed by atoms with Gasteiger partial charge in [0.05, 0.1) is 0 Å². The third-order valence-electron chi connectivity index (χ3n) is 3.26. The molecule has 1 atom stereocenters. The van der Waals surface area contributed by atoms with Gasteiger partial charge in [0.15, 0.2) is 0 Å². The molecule has 0 aliphatic carbocycles. The van der Waals surface area contributed by atoms with Crippen LogP contribution >= 0.6 is 31.9 Å². The maximum Gasteiger partial charge on any atom is 0.252 e. The van der Waals surface area contributed by atoms with E-state index < -0.39 is 11.9 Å². The zero-order chi connectivity index (χ0) is 17.5. The summed E-state index contributed by atoms with van der Waals surface area (Å²) < 4.78 is 1.53. The summed E-state index contributed by atoms with van der Waals surface area (Å²) in [6.45, 7) is 0. The molecule has 0 fully saturated rings. The molecule has 0 spiro atoms. The highest BCUT2D eigenvalue weighted by atomic mass is 79.9. The summed E-state index contributed by atoms with van der Waals surface area (Å²) in [5.74, 6) is -0.927. The molecule has 0 aromatic heterocycles. The summed E-state index contributed by atoms with van der Waals surface area (Å²) >= 11 is 6.66. The highest BCUT2D eigenvalue weighted by Gasteiger charge is 2.18. The zero-order valence-electron chi connectivity index (χ0n) is 12.7. The number of rotatable bonds is 6. The molecule has 6 heteroatoms. The van der Waals surface area contributed by atoms with Crippen molar-refractivity contribution in [3.8, 4) is 0 Å². The lowest BCUT2D eigenvalue weighted by Gasteiger charge is -2.14. The molecule has 0 saturated carbocycles. The number of primary amides is 1. The first-order valence-corrected chi connectivity index (χ1v) is 8.82. The first-order chi connectivity index (χ1) is 11.5. The lowest BCUT2D eigenvalue weighted by molar-refractivity contribution is -0.119. The van der Waals surface area contributed by atoms with E-state index in [1.165, 1.54) is 0 Å². The molecule has 2 rings (SSSR count). The van der Waals surface area contributed by atoms with Crippen LogP contribution < -0.4 is 11.1 Å². The van der Waals surface area contributed by atoms with Crippen molar-refractivity contribution >= 4 is 49.8 Å². The Morgan fingerprint density at radius 2 is 1.71 bits per heavy atom. The predicted molar refractivity (Wildman–Crippen MR) is 102 cm³/mol. The summed E-state index contributed by atoms with van der Waals surface area (Å²) in [5, 5.41) is 2.67. The molecule has 0 aliphatic rings. The molecular weight excluding hydrogens is 436 g/mol. The molecule has 2 amide bonds. The van der Waals surface area contributed by atoms with Crippen LogP contribution in [0.3, 0.4) is 0 Å². The minimum atomic E-state index is -0.768. The maximum absolute atomic E-state index is 12.3. The third-order valence-corrected chi connectivity index (χ3v) is 4.17. The third kappa shape index (κ3) is 5.62. The van der Waals surface area contributed by atoms with E-state index in [4.69, 9.17) is 5.73 Å². The predicted octanol–water partition coefficient (Wildman–Crippen LogP) is 3.90. The number of nitrogens with one attached hydrogen (secondary N) is 1. The van der Waals surface area contributed by atoms with Crippen molar-refractivity contribution in [1.29, 1.82) is 0 Å². The van der Waals surface area contributed by atoms with E-state index in [0.29, 0.717) is 12.0 Å². The van der Waals surface area contributed by atoms with Crippen LogP contribution in [0, 0.1) is 0 Å². The average Bonchev–Trinajstić information content (AvgIpc) is 2.53. The Bertz CT molecular complexity index is 741. The van der Waals surface area contributed by atoms with Crippen molar-refractivity contribution in [1.82, 2.24) is 5.32 Å². The van der Waals surface area contributed by atoms with Crippen molar-refractivity contribution in [3.05, 3.63) is 74.7 Å². The first-order valence-electron chi connectivity index (χ1n) is 7.23. The largest absolute Gasteiger partial charge is 0.368 e. The molecule has 0 radical (unpaired) electrons. The molecule has 2 aromatic rings. The lowest BCUT2D eigenvalue weighted by Crippen LogP contribution is -2.44. The van der Waals surface area contributed by atoms with Crippen molar-refractivity contribution < 1.29 is 9.59 Å². The van der Waals surface area contributed by atoms with Crippen LogP contribution in [-0.4, -0.2) is 17.9 Å². The van der Waals surface area contributed by atoms with Gasteiger partial charge in [-0.15, -0.1) is 0 Å². The minimum Gasteiger partial charge on any atom is -0.368 e. The molecule has 2 aromatic carbocycles. The Labute approximate surface area is 157 Å². The standard InChI is InChI=1S/C18H16Br2N2O2/c19-14-9-13(10-15(20)11-14)18(24)22-16(17(21)23)8-4-7-12-5-2-1-3-6-12/h1-7,9-11,16H,8H2,(H2,21,23)(H,22,24)/b7-4+/t16-/m0/s1. The van der Waals surface area contributed by atoms with Crippen LogP contribution in [0.5, 0.6) is 0 Å². The summed E-state index contributed by atoms with van der Waals surface area (Å²) in [5.41, 5.74) is 6.85. The van der Waals surface area contributed by atoms with Gasteiger partial charge in [0.1, 0.15) is 6.04 Å². The number of hydrogen-bond acceptors (Lipinski definition) is 2. The fourth-order valence-corrected chi connectivity index (χ4v) is 3.37. The molecule has 4 nitrogen and oxygen atoms in total. The summed E-state index contributed by atoms with van der Waals surface area (Å²) in [6, 6.07) is 14.1. The van der Waals surface area contributed by atoms with Gasteiger partial charge in [0.2, 0.25) is 5.91 Å². The second-order valence-corrected chi connectivity index (χ2v) is 6.97. The van der Waals surface area contributed by atoms with Gasteiger partial charge in [-0.05, 0) is 30.2 Å². The number of amides is 2. The Morgan fingerprint density at radius 1 is 1.08 bits per heavy atom. The molecule has 0 bridgehead atoms. The van der Waals surface area contributed by atoms with Crippen LogP contribution in [0.25, 0.3) is 6.08 Å². The number of benzene rings is 2. The molecular formula is C18H16Br2N2O2. The SMILES string of the molecule is NC(=O)[C@H](C/C=C/c1ccccc1)NC(=O)c1cc(Br)cc(Br)c1. The number of nitrogens with two attached hydrogens (primary N) is 1. The van der Waals surface area contributed by atoms with Crippen LogP contribution in [0.4, 0.5) is 0 Å². The molecule has 24 heavy (non-hydrogen) atoms. The molecule has 0 saturated heterocycles. The van der Waals surface area contributed by atoms with Gasteiger partial charge in [-0.25, -0.2) is 0 Å². The van der Waals surface area contributed by atoms with Crippen LogP contribution in [-0.2, 0) is 4.79 Å². The Morgan fingerprint density at radius 3 is 2.29 bits per heavy atom. The van der Waals surface area contributed by atoms with Crippen LogP contribution in [0.1, 0.15) is 22.3 Å². The fraction of sp³-hybridized carbons (Fsp3) is 0.111. The maximum atomic E-state index is 12.3. The van der Waals surface area contributed by atoms with Gasteiger partial charge >= 0.3 is 0 Å². The summed E-state index contributed by atoms with van der Waals surface area (Å²) in [4.78, 5) is 23.9. The van der Waals surface area contributed by atoms with Gasteiger partial charge < -0.3 is 11.1 Å². The second kappa shape index (κ2) is 8.80.